The van der Waals surface area contributed by atoms with E-state index in [1.807, 2.05) is 31.2 Å². The van der Waals surface area contributed by atoms with Gasteiger partial charge in [0.05, 0.1) is 18.5 Å². The molecule has 0 unspecified atom stereocenters. The van der Waals surface area contributed by atoms with E-state index in [0.29, 0.717) is 28.5 Å². The Morgan fingerprint density at radius 2 is 1.97 bits per heavy atom. The van der Waals surface area contributed by atoms with Crippen molar-refractivity contribution < 1.29 is 19.0 Å². The molecule has 4 nitrogen and oxygen atoms in total. The van der Waals surface area contributed by atoms with Gasteiger partial charge in [-0.3, -0.25) is 9.78 Å². The third-order valence-corrected chi connectivity index (χ3v) is 5.95. The number of carboxylic acid groups (broad SMARTS) is 1. The molecule has 0 spiro atoms. The summed E-state index contributed by atoms with van der Waals surface area (Å²) >= 11 is 0. The number of hydrogen-bond acceptors (Lipinski definition) is 3. The van der Waals surface area contributed by atoms with Crippen molar-refractivity contribution in [2.75, 3.05) is 6.61 Å². The van der Waals surface area contributed by atoms with Crippen molar-refractivity contribution in [3.63, 3.8) is 0 Å². The molecule has 0 radical (unpaired) electrons. The first-order valence-corrected chi connectivity index (χ1v) is 9.92. The zero-order valence-electron chi connectivity index (χ0n) is 16.8. The van der Waals surface area contributed by atoms with Crippen LogP contribution in [0.2, 0.25) is 0 Å². The number of fused-ring (bicyclic) bond motifs is 1. The van der Waals surface area contributed by atoms with Gasteiger partial charge in [0.25, 0.3) is 0 Å². The predicted octanol–water partition coefficient (Wildman–Crippen LogP) is 5.37. The summed E-state index contributed by atoms with van der Waals surface area (Å²) in [4.78, 5) is 16.3. The number of benzene rings is 3. The molecule has 0 saturated heterocycles. The molecular formula is C25H20FNO3. The molecule has 30 heavy (non-hydrogen) atoms. The van der Waals surface area contributed by atoms with Crippen LogP contribution in [0.4, 0.5) is 4.39 Å². The second-order valence-electron chi connectivity index (χ2n) is 7.81. The number of ether oxygens (including phenoxy) is 1. The number of pyridine rings is 1. The Morgan fingerprint density at radius 1 is 1.13 bits per heavy atom. The van der Waals surface area contributed by atoms with Gasteiger partial charge in [0.1, 0.15) is 11.6 Å². The topological polar surface area (TPSA) is 59.4 Å². The Kier molecular flexibility index (Phi) is 4.21. The fourth-order valence-electron chi connectivity index (χ4n) is 4.51. The molecule has 4 aromatic rings. The van der Waals surface area contributed by atoms with Crippen molar-refractivity contribution in [1.29, 1.82) is 0 Å². The van der Waals surface area contributed by atoms with Crippen LogP contribution in [-0.4, -0.2) is 22.7 Å². The maximum Gasteiger partial charge on any atom is 0.307 e. The lowest BCUT2D eigenvalue weighted by Crippen LogP contribution is -2.10. The average molecular weight is 401 g/mol. The molecule has 0 atom stereocenters. The predicted molar refractivity (Wildman–Crippen MR) is 115 cm³/mol. The van der Waals surface area contributed by atoms with E-state index in [-0.39, 0.29) is 12.2 Å². The van der Waals surface area contributed by atoms with E-state index in [2.05, 4.69) is 4.98 Å². The smallest absolute Gasteiger partial charge is 0.307 e. The van der Waals surface area contributed by atoms with E-state index in [4.69, 9.17) is 4.74 Å². The van der Waals surface area contributed by atoms with Crippen molar-refractivity contribution in [3.05, 3.63) is 70.7 Å². The third kappa shape index (κ3) is 2.73. The largest absolute Gasteiger partial charge is 0.493 e. The highest BCUT2D eigenvalue weighted by molar-refractivity contribution is 6.08. The van der Waals surface area contributed by atoms with Gasteiger partial charge in [0.15, 0.2) is 0 Å². The third-order valence-electron chi connectivity index (χ3n) is 5.95. The van der Waals surface area contributed by atoms with Gasteiger partial charge < -0.3 is 9.84 Å². The van der Waals surface area contributed by atoms with Crippen LogP contribution in [0.5, 0.6) is 5.75 Å². The SMILES string of the molecule is Cc1cc2c(F)c(C)ccc2c(-c2ccc3c4c(ccnc24)CCO3)c1CC(=O)O. The highest BCUT2D eigenvalue weighted by Gasteiger charge is 2.23. The summed E-state index contributed by atoms with van der Waals surface area (Å²) in [5, 5.41) is 11.7. The fraction of sp³-hybridized carbons (Fsp3) is 0.200. The number of nitrogens with zero attached hydrogens (tertiary/aromatic N) is 1. The number of aliphatic carboxylic acids is 1. The van der Waals surface area contributed by atoms with E-state index in [0.717, 1.165) is 45.3 Å². The average Bonchev–Trinajstić information content (AvgIpc) is 2.73. The van der Waals surface area contributed by atoms with Crippen LogP contribution >= 0.6 is 0 Å². The summed E-state index contributed by atoms with van der Waals surface area (Å²) in [5.41, 5.74) is 5.43. The van der Waals surface area contributed by atoms with E-state index < -0.39 is 5.97 Å². The summed E-state index contributed by atoms with van der Waals surface area (Å²) < 4.78 is 20.9. The van der Waals surface area contributed by atoms with Crippen molar-refractivity contribution >= 4 is 27.6 Å². The number of carbonyl (C=O) groups is 1. The molecule has 5 heteroatoms. The molecule has 1 aliphatic rings. The van der Waals surface area contributed by atoms with Crippen molar-refractivity contribution in [2.24, 2.45) is 0 Å². The minimum Gasteiger partial charge on any atom is -0.493 e. The highest BCUT2D eigenvalue weighted by Crippen LogP contribution is 2.42. The van der Waals surface area contributed by atoms with Gasteiger partial charge in [-0.2, -0.15) is 0 Å². The van der Waals surface area contributed by atoms with Gasteiger partial charge in [-0.25, -0.2) is 4.39 Å². The van der Waals surface area contributed by atoms with E-state index >= 15 is 4.39 Å². The van der Waals surface area contributed by atoms with Gasteiger partial charge in [-0.15, -0.1) is 0 Å². The van der Waals surface area contributed by atoms with Gasteiger partial charge in [-0.1, -0.05) is 12.1 Å². The van der Waals surface area contributed by atoms with Crippen LogP contribution in [0.25, 0.3) is 32.8 Å². The molecule has 3 aromatic carbocycles. The quantitative estimate of drug-likeness (QED) is 0.501. The Bertz CT molecular complexity index is 1350. The molecule has 0 amide bonds. The molecular weight excluding hydrogens is 381 g/mol. The van der Waals surface area contributed by atoms with Crippen molar-refractivity contribution in [2.45, 2.75) is 26.7 Å². The minimum atomic E-state index is -0.926. The zero-order valence-corrected chi connectivity index (χ0v) is 16.8. The van der Waals surface area contributed by atoms with Gasteiger partial charge in [0.2, 0.25) is 0 Å². The molecule has 150 valence electrons. The van der Waals surface area contributed by atoms with Crippen LogP contribution in [0.3, 0.4) is 0 Å². The Labute approximate surface area is 172 Å². The molecule has 1 N–H and O–H groups in total. The first-order valence-electron chi connectivity index (χ1n) is 9.92. The summed E-state index contributed by atoms with van der Waals surface area (Å²) in [5.74, 6) is -0.426. The maximum atomic E-state index is 15.0. The fourth-order valence-corrected chi connectivity index (χ4v) is 4.51. The van der Waals surface area contributed by atoms with Gasteiger partial charge in [-0.05, 0) is 71.3 Å². The summed E-state index contributed by atoms with van der Waals surface area (Å²) in [6, 6.07) is 11.2. The molecule has 2 heterocycles. The molecule has 5 rings (SSSR count). The number of carboxylic acids is 1. The van der Waals surface area contributed by atoms with Crippen LogP contribution in [0, 0.1) is 19.7 Å². The summed E-state index contributed by atoms with van der Waals surface area (Å²) in [7, 11) is 0. The molecule has 1 aliphatic heterocycles. The van der Waals surface area contributed by atoms with Crippen LogP contribution in [0.1, 0.15) is 22.3 Å². The number of rotatable bonds is 3. The van der Waals surface area contributed by atoms with E-state index in [1.165, 1.54) is 0 Å². The van der Waals surface area contributed by atoms with Crippen molar-refractivity contribution in [1.82, 2.24) is 4.98 Å². The van der Waals surface area contributed by atoms with Crippen LogP contribution in [0.15, 0.2) is 42.6 Å². The van der Waals surface area contributed by atoms with E-state index in [1.54, 1.807) is 25.3 Å². The lowest BCUT2D eigenvalue weighted by atomic mass is 9.86. The summed E-state index contributed by atoms with van der Waals surface area (Å²) in [6.07, 6.45) is 2.42. The van der Waals surface area contributed by atoms with Crippen LogP contribution < -0.4 is 4.74 Å². The van der Waals surface area contributed by atoms with E-state index in [9.17, 15) is 9.90 Å². The van der Waals surface area contributed by atoms with Crippen LogP contribution in [-0.2, 0) is 17.6 Å². The minimum absolute atomic E-state index is 0.147. The first-order chi connectivity index (χ1) is 14.5. The molecule has 0 aliphatic carbocycles. The Hall–Kier alpha value is -3.47. The highest BCUT2D eigenvalue weighted by atomic mass is 19.1. The maximum absolute atomic E-state index is 15.0. The standard InChI is InChI=1S/C25H20FNO3/c1-13-3-4-16-19(24(13)26)11-14(2)18(12-21(28)29)23(16)17-5-6-20-22-15(8-10-30-20)7-9-27-25(17)22/h3-7,9,11H,8,10,12H2,1-2H3,(H,28,29). The first kappa shape index (κ1) is 18.6. The number of aromatic nitrogens is 1. The normalized spacial score (nSPS) is 12.9. The molecule has 0 fully saturated rings. The van der Waals surface area contributed by atoms with Crippen molar-refractivity contribution in [3.8, 4) is 16.9 Å². The second kappa shape index (κ2) is 6.80. The Balaban J connectivity index is 1.95. The number of halogens is 1. The monoisotopic (exact) mass is 401 g/mol. The lowest BCUT2D eigenvalue weighted by Gasteiger charge is -2.22. The van der Waals surface area contributed by atoms with Gasteiger partial charge in [0, 0.05) is 29.0 Å². The van der Waals surface area contributed by atoms with Gasteiger partial charge >= 0.3 is 5.97 Å². The molecule has 0 bridgehead atoms. The summed E-state index contributed by atoms with van der Waals surface area (Å²) in [6.45, 7) is 4.19. The molecule has 0 saturated carbocycles. The Morgan fingerprint density at radius 3 is 2.77 bits per heavy atom. The number of aryl methyl sites for hydroxylation is 2. The number of hydrogen-bond donors (Lipinski definition) is 1. The zero-order chi connectivity index (χ0) is 21.0. The molecule has 1 aromatic heterocycles. The second-order valence-corrected chi connectivity index (χ2v) is 7.81. The lowest BCUT2D eigenvalue weighted by molar-refractivity contribution is -0.136.